The van der Waals surface area contributed by atoms with Gasteiger partial charge in [0.1, 0.15) is 18.3 Å². The third-order valence-electron chi connectivity index (χ3n) is 6.73. The van der Waals surface area contributed by atoms with Crippen molar-refractivity contribution in [1.82, 2.24) is 10.2 Å². The Morgan fingerprint density at radius 1 is 0.857 bits per heavy atom. The Balaban J connectivity index is 1.78. The lowest BCUT2D eigenvalue weighted by molar-refractivity contribution is -0.139. The molecule has 42 heavy (non-hydrogen) atoms. The zero-order valence-electron chi connectivity index (χ0n) is 23.3. The molecule has 8 nitrogen and oxygen atoms in total. The number of methoxy groups -OCH3 is 1. The Labute approximate surface area is 251 Å². The molecule has 0 saturated heterocycles. The monoisotopic (exact) mass is 605 g/mol. The van der Waals surface area contributed by atoms with Crippen LogP contribution in [0, 0.1) is 0 Å². The molecule has 10 heteroatoms. The van der Waals surface area contributed by atoms with E-state index in [1.807, 2.05) is 36.4 Å². The van der Waals surface area contributed by atoms with Crippen molar-refractivity contribution in [2.75, 3.05) is 25.0 Å². The van der Waals surface area contributed by atoms with Crippen LogP contribution >= 0.6 is 11.6 Å². The van der Waals surface area contributed by atoms with Gasteiger partial charge in [0.15, 0.2) is 0 Å². The fraction of sp³-hybridized carbons (Fsp3) is 0.188. The van der Waals surface area contributed by atoms with Gasteiger partial charge in [-0.05, 0) is 59.7 Å². The molecular weight excluding hydrogens is 574 g/mol. The van der Waals surface area contributed by atoms with Crippen molar-refractivity contribution in [3.63, 3.8) is 0 Å². The lowest BCUT2D eigenvalue weighted by Crippen LogP contribution is -2.53. The molecule has 1 N–H and O–H groups in total. The van der Waals surface area contributed by atoms with Gasteiger partial charge in [0, 0.05) is 25.0 Å². The zero-order valence-corrected chi connectivity index (χ0v) is 24.9. The molecule has 0 radical (unpaired) electrons. The van der Waals surface area contributed by atoms with E-state index in [4.69, 9.17) is 16.3 Å². The number of carbonyl (C=O) groups excluding carboxylic acids is 2. The molecule has 0 aliphatic heterocycles. The second-order valence-corrected chi connectivity index (χ2v) is 11.8. The highest BCUT2D eigenvalue weighted by Crippen LogP contribution is 2.26. The number of nitrogens with zero attached hydrogens (tertiary/aromatic N) is 2. The van der Waals surface area contributed by atoms with E-state index in [-0.39, 0.29) is 29.5 Å². The minimum Gasteiger partial charge on any atom is -0.497 e. The lowest BCUT2D eigenvalue weighted by Gasteiger charge is -2.33. The molecule has 0 bridgehead atoms. The zero-order chi connectivity index (χ0) is 30.1. The van der Waals surface area contributed by atoms with E-state index in [2.05, 4.69) is 5.32 Å². The van der Waals surface area contributed by atoms with Crippen molar-refractivity contribution >= 4 is 39.1 Å². The Morgan fingerprint density at radius 2 is 1.48 bits per heavy atom. The maximum atomic E-state index is 14.3. The predicted octanol–water partition coefficient (Wildman–Crippen LogP) is 4.93. The summed E-state index contributed by atoms with van der Waals surface area (Å²) in [6, 6.07) is 29.7. The molecule has 0 spiro atoms. The van der Waals surface area contributed by atoms with Crippen LogP contribution in [0.5, 0.6) is 5.75 Å². The molecule has 2 amide bonds. The predicted molar refractivity (Wildman–Crippen MR) is 164 cm³/mol. The molecule has 4 aromatic rings. The number of anilines is 1. The van der Waals surface area contributed by atoms with Crippen LogP contribution in [0.15, 0.2) is 114 Å². The smallest absolute Gasteiger partial charge is 0.264 e. The molecule has 0 unspecified atom stereocenters. The average Bonchev–Trinajstić information content (AvgIpc) is 3.02. The minimum atomic E-state index is -4.17. The molecule has 0 aliphatic rings. The van der Waals surface area contributed by atoms with Gasteiger partial charge in [-0.25, -0.2) is 8.42 Å². The maximum absolute atomic E-state index is 14.3. The van der Waals surface area contributed by atoms with Crippen LogP contribution in [0.2, 0.25) is 5.02 Å². The highest BCUT2D eigenvalue weighted by Gasteiger charge is 2.34. The van der Waals surface area contributed by atoms with Crippen LogP contribution in [0.25, 0.3) is 0 Å². The van der Waals surface area contributed by atoms with Crippen LogP contribution in [0.1, 0.15) is 11.1 Å². The quantitative estimate of drug-likeness (QED) is 0.247. The Kier molecular flexibility index (Phi) is 10.2. The molecule has 0 heterocycles. The van der Waals surface area contributed by atoms with Crippen molar-refractivity contribution in [3.05, 3.63) is 125 Å². The minimum absolute atomic E-state index is 0.0271. The fourth-order valence-corrected chi connectivity index (χ4v) is 6.11. The first-order valence-corrected chi connectivity index (χ1v) is 15.1. The fourth-order valence-electron chi connectivity index (χ4n) is 4.54. The van der Waals surface area contributed by atoms with Crippen LogP contribution in [-0.2, 0) is 32.6 Å². The van der Waals surface area contributed by atoms with Crippen molar-refractivity contribution in [2.24, 2.45) is 0 Å². The van der Waals surface area contributed by atoms with E-state index >= 15 is 0 Å². The summed E-state index contributed by atoms with van der Waals surface area (Å²) in [7, 11) is -1.11. The largest absolute Gasteiger partial charge is 0.497 e. The van der Waals surface area contributed by atoms with Gasteiger partial charge in [0.2, 0.25) is 11.8 Å². The van der Waals surface area contributed by atoms with Gasteiger partial charge in [-0.15, -0.1) is 0 Å². The van der Waals surface area contributed by atoms with E-state index < -0.39 is 28.5 Å². The van der Waals surface area contributed by atoms with Crippen molar-refractivity contribution in [1.29, 1.82) is 0 Å². The van der Waals surface area contributed by atoms with E-state index in [0.717, 1.165) is 9.87 Å². The number of benzene rings is 4. The van der Waals surface area contributed by atoms with Gasteiger partial charge in [0.25, 0.3) is 10.0 Å². The lowest BCUT2D eigenvalue weighted by atomic mass is 10.0. The number of halogens is 1. The van der Waals surface area contributed by atoms with Gasteiger partial charge in [-0.3, -0.25) is 13.9 Å². The normalized spacial score (nSPS) is 11.8. The first kappa shape index (κ1) is 30.6. The average molecular weight is 606 g/mol. The number of nitrogens with one attached hydrogen (secondary N) is 1. The Bertz CT molecular complexity index is 1600. The van der Waals surface area contributed by atoms with Crippen LogP contribution < -0.4 is 14.4 Å². The van der Waals surface area contributed by atoms with Gasteiger partial charge < -0.3 is 15.0 Å². The molecule has 0 aromatic heterocycles. The number of sulfonamides is 1. The van der Waals surface area contributed by atoms with Gasteiger partial charge in [0.05, 0.1) is 17.7 Å². The standard InChI is InChI=1S/C32H32ClN3O5S/c1-34-32(38)30(21-24-10-5-3-6-11-24)35(22-25-12-9-13-28(20-25)41-2)31(37)23-36(27-18-16-26(33)17-19-27)42(39,40)29-14-7-4-8-15-29/h3-20,30H,21-23H2,1-2H3,(H,34,38)/t30-/m0/s1. The number of ether oxygens (including phenoxy) is 1. The van der Waals surface area contributed by atoms with Crippen LogP contribution in [0.3, 0.4) is 0 Å². The van der Waals surface area contributed by atoms with Crippen LogP contribution in [-0.4, -0.2) is 51.9 Å². The molecule has 0 aliphatic carbocycles. The van der Waals surface area contributed by atoms with E-state index in [1.54, 1.807) is 67.8 Å². The molecule has 0 saturated carbocycles. The highest BCUT2D eigenvalue weighted by atomic mass is 35.5. The Hall–Kier alpha value is -4.34. The molecule has 4 rings (SSSR count). The van der Waals surface area contributed by atoms with Crippen LogP contribution in [0.4, 0.5) is 5.69 Å². The molecule has 0 fully saturated rings. The summed E-state index contributed by atoms with van der Waals surface area (Å²) in [5.74, 6) is -0.343. The number of carbonyl (C=O) groups is 2. The van der Waals surface area contributed by atoms with Crippen molar-refractivity contribution in [3.8, 4) is 5.75 Å². The van der Waals surface area contributed by atoms with Gasteiger partial charge >= 0.3 is 0 Å². The third kappa shape index (κ3) is 7.48. The summed E-state index contributed by atoms with van der Waals surface area (Å²) >= 11 is 6.09. The molecule has 1 atom stereocenters. The van der Waals surface area contributed by atoms with Crippen molar-refractivity contribution < 1.29 is 22.7 Å². The summed E-state index contributed by atoms with van der Waals surface area (Å²) < 4.78 is 34.2. The summed E-state index contributed by atoms with van der Waals surface area (Å²) in [4.78, 5) is 29.0. The van der Waals surface area contributed by atoms with E-state index in [1.165, 1.54) is 24.1 Å². The number of amides is 2. The number of hydrogen-bond donors (Lipinski definition) is 1. The Morgan fingerprint density at radius 3 is 2.10 bits per heavy atom. The highest BCUT2D eigenvalue weighted by molar-refractivity contribution is 7.92. The molecule has 218 valence electrons. The summed E-state index contributed by atoms with van der Waals surface area (Å²) in [5.41, 5.74) is 1.83. The third-order valence-corrected chi connectivity index (χ3v) is 8.77. The summed E-state index contributed by atoms with van der Waals surface area (Å²) in [5, 5.41) is 3.09. The molecular formula is C32H32ClN3O5S. The van der Waals surface area contributed by atoms with Gasteiger partial charge in [-0.2, -0.15) is 0 Å². The summed E-state index contributed by atoms with van der Waals surface area (Å²) in [6.45, 7) is -0.508. The van der Waals surface area contributed by atoms with E-state index in [9.17, 15) is 18.0 Å². The maximum Gasteiger partial charge on any atom is 0.264 e. The topological polar surface area (TPSA) is 96.0 Å². The second-order valence-electron chi connectivity index (χ2n) is 9.49. The first-order valence-electron chi connectivity index (χ1n) is 13.2. The number of rotatable bonds is 12. The first-order chi connectivity index (χ1) is 20.2. The van der Waals surface area contributed by atoms with Gasteiger partial charge in [-0.1, -0.05) is 72.3 Å². The number of likely N-dealkylation sites (N-methyl/N-ethyl adjacent to an activating group) is 1. The summed E-state index contributed by atoms with van der Waals surface area (Å²) in [6.07, 6.45) is 0.225. The van der Waals surface area contributed by atoms with Crippen molar-refractivity contribution in [2.45, 2.75) is 23.9 Å². The van der Waals surface area contributed by atoms with E-state index in [0.29, 0.717) is 16.3 Å². The SMILES string of the molecule is CNC(=O)[C@H](Cc1ccccc1)N(Cc1cccc(OC)c1)C(=O)CN(c1ccc(Cl)cc1)S(=O)(=O)c1ccccc1. The molecule has 4 aromatic carbocycles. The second kappa shape index (κ2) is 14.0. The number of hydrogen-bond acceptors (Lipinski definition) is 5.